The predicted molar refractivity (Wildman–Crippen MR) is 101 cm³/mol. The van der Waals surface area contributed by atoms with Gasteiger partial charge >= 0.3 is 0 Å². The number of ether oxygens (including phenoxy) is 1. The van der Waals surface area contributed by atoms with E-state index < -0.39 is 0 Å². The van der Waals surface area contributed by atoms with Crippen LogP contribution in [0.15, 0.2) is 60.8 Å². The van der Waals surface area contributed by atoms with Crippen LogP contribution in [0.25, 0.3) is 0 Å². The van der Waals surface area contributed by atoms with Crippen molar-refractivity contribution in [2.24, 2.45) is 0 Å². The van der Waals surface area contributed by atoms with Gasteiger partial charge in [0.2, 0.25) is 5.95 Å². The molecule has 0 radical (unpaired) electrons. The summed E-state index contributed by atoms with van der Waals surface area (Å²) >= 11 is 0. The molecule has 0 aliphatic rings. The average molecular weight is 348 g/mol. The first-order valence-corrected chi connectivity index (χ1v) is 8.22. The molecule has 1 aromatic heterocycles. The number of carbonyl (C=O) groups excluding carboxylic acids is 1. The van der Waals surface area contributed by atoms with Crippen LogP contribution in [0.4, 0.5) is 11.6 Å². The van der Waals surface area contributed by atoms with Gasteiger partial charge in [-0.1, -0.05) is 42.0 Å². The maximum atomic E-state index is 12.5. The molecular formula is C20H20N4O2. The van der Waals surface area contributed by atoms with Gasteiger partial charge < -0.3 is 15.4 Å². The Bertz CT molecular complexity index is 894. The highest BCUT2D eigenvalue weighted by atomic mass is 16.5. The van der Waals surface area contributed by atoms with Crippen LogP contribution >= 0.6 is 0 Å². The highest BCUT2D eigenvalue weighted by Gasteiger charge is 2.11. The second-order valence-corrected chi connectivity index (χ2v) is 5.76. The number of nitrogens with one attached hydrogen (secondary N) is 2. The predicted octanol–water partition coefficient (Wildman–Crippen LogP) is 3.66. The summed E-state index contributed by atoms with van der Waals surface area (Å²) in [6.45, 7) is 2.63. The minimum Gasteiger partial charge on any atom is -0.495 e. The molecule has 26 heavy (non-hydrogen) atoms. The van der Waals surface area contributed by atoms with E-state index in [0.29, 0.717) is 23.9 Å². The molecule has 0 saturated heterocycles. The monoisotopic (exact) mass is 348 g/mol. The van der Waals surface area contributed by atoms with Gasteiger partial charge in [-0.05, 0) is 30.7 Å². The largest absolute Gasteiger partial charge is 0.495 e. The van der Waals surface area contributed by atoms with Crippen molar-refractivity contribution < 1.29 is 9.53 Å². The quantitative estimate of drug-likeness (QED) is 0.711. The molecule has 1 heterocycles. The van der Waals surface area contributed by atoms with E-state index >= 15 is 0 Å². The molecule has 1 amide bonds. The highest BCUT2D eigenvalue weighted by molar-refractivity contribution is 6.03. The summed E-state index contributed by atoms with van der Waals surface area (Å²) in [6.07, 6.45) is 1.56. The number of amides is 1. The summed E-state index contributed by atoms with van der Waals surface area (Å²) in [5, 5.41) is 5.94. The molecule has 6 heteroatoms. The third-order valence-electron chi connectivity index (χ3n) is 3.81. The number of nitrogens with zero attached hydrogens (tertiary/aromatic N) is 2. The lowest BCUT2D eigenvalue weighted by Gasteiger charge is -2.10. The maximum Gasteiger partial charge on any atom is 0.274 e. The fourth-order valence-electron chi connectivity index (χ4n) is 2.39. The Morgan fingerprint density at radius 3 is 2.62 bits per heavy atom. The lowest BCUT2D eigenvalue weighted by atomic mass is 10.1. The van der Waals surface area contributed by atoms with Crippen LogP contribution in [0.1, 0.15) is 21.6 Å². The van der Waals surface area contributed by atoms with Crippen molar-refractivity contribution in [3.8, 4) is 5.75 Å². The fraction of sp³-hybridized carbons (Fsp3) is 0.150. The molecule has 0 atom stereocenters. The van der Waals surface area contributed by atoms with Crippen molar-refractivity contribution in [2.75, 3.05) is 17.7 Å². The Kier molecular flexibility index (Phi) is 5.43. The van der Waals surface area contributed by atoms with Gasteiger partial charge in [0.05, 0.1) is 12.8 Å². The number of anilines is 2. The SMILES string of the molecule is COc1ccccc1NC(=O)c1ccnc(NCc2ccc(C)cc2)n1. The third-order valence-corrected chi connectivity index (χ3v) is 3.81. The van der Waals surface area contributed by atoms with Crippen molar-refractivity contribution in [3.63, 3.8) is 0 Å². The molecule has 0 aliphatic heterocycles. The van der Waals surface area contributed by atoms with Crippen molar-refractivity contribution in [1.29, 1.82) is 0 Å². The number of aromatic nitrogens is 2. The molecule has 0 aliphatic carbocycles. The van der Waals surface area contributed by atoms with Crippen LogP contribution in [0, 0.1) is 6.92 Å². The van der Waals surface area contributed by atoms with Gasteiger partial charge in [-0.2, -0.15) is 0 Å². The molecule has 0 bridgehead atoms. The molecule has 3 rings (SSSR count). The molecule has 0 unspecified atom stereocenters. The van der Waals surface area contributed by atoms with Crippen molar-refractivity contribution >= 4 is 17.5 Å². The van der Waals surface area contributed by atoms with E-state index in [4.69, 9.17) is 4.74 Å². The first-order chi connectivity index (χ1) is 12.7. The van der Waals surface area contributed by atoms with Crippen LogP contribution in [0.3, 0.4) is 0 Å². The van der Waals surface area contributed by atoms with Crippen molar-refractivity contribution in [3.05, 3.63) is 77.6 Å². The summed E-state index contributed by atoms with van der Waals surface area (Å²) in [5.41, 5.74) is 3.19. The van der Waals surface area contributed by atoms with Crippen LogP contribution in [-0.4, -0.2) is 23.0 Å². The van der Waals surface area contributed by atoms with E-state index in [1.165, 1.54) is 5.56 Å². The lowest BCUT2D eigenvalue weighted by molar-refractivity contribution is 0.102. The maximum absolute atomic E-state index is 12.5. The molecule has 2 aromatic carbocycles. The van der Waals surface area contributed by atoms with E-state index in [-0.39, 0.29) is 11.6 Å². The molecule has 6 nitrogen and oxygen atoms in total. The summed E-state index contributed by atoms with van der Waals surface area (Å²) in [4.78, 5) is 20.9. The Labute approximate surface area is 152 Å². The second kappa shape index (κ2) is 8.11. The molecule has 132 valence electrons. The summed E-state index contributed by atoms with van der Waals surface area (Å²) in [7, 11) is 1.56. The van der Waals surface area contributed by atoms with Crippen LogP contribution in [-0.2, 0) is 6.54 Å². The number of hydrogen-bond donors (Lipinski definition) is 2. The van der Waals surface area contributed by atoms with E-state index in [1.54, 1.807) is 31.5 Å². The lowest BCUT2D eigenvalue weighted by Crippen LogP contribution is -2.15. The minimum atomic E-state index is -0.324. The third kappa shape index (κ3) is 4.36. The number of methoxy groups -OCH3 is 1. The Morgan fingerprint density at radius 1 is 1.08 bits per heavy atom. The molecule has 0 saturated carbocycles. The summed E-state index contributed by atoms with van der Waals surface area (Å²) in [6, 6.07) is 17.0. The van der Waals surface area contributed by atoms with Crippen molar-refractivity contribution in [2.45, 2.75) is 13.5 Å². The zero-order chi connectivity index (χ0) is 18.4. The standard InChI is InChI=1S/C20H20N4O2/c1-14-7-9-15(10-8-14)13-22-20-21-12-11-17(24-20)19(25)23-16-5-3-4-6-18(16)26-2/h3-12H,13H2,1-2H3,(H,23,25)(H,21,22,24). The number of rotatable bonds is 6. The second-order valence-electron chi connectivity index (χ2n) is 5.76. The summed E-state index contributed by atoms with van der Waals surface area (Å²) < 4.78 is 5.24. The van der Waals surface area contributed by atoms with E-state index in [0.717, 1.165) is 5.56 Å². The van der Waals surface area contributed by atoms with Gasteiger partial charge in [-0.25, -0.2) is 9.97 Å². The molecule has 0 spiro atoms. The van der Waals surface area contributed by atoms with Gasteiger partial charge in [-0.3, -0.25) is 4.79 Å². The van der Waals surface area contributed by atoms with Gasteiger partial charge in [0.25, 0.3) is 5.91 Å². The summed E-state index contributed by atoms with van der Waals surface area (Å²) in [5.74, 6) is 0.668. The minimum absolute atomic E-state index is 0.275. The molecule has 0 fully saturated rings. The molecule has 2 N–H and O–H groups in total. The fourth-order valence-corrected chi connectivity index (χ4v) is 2.39. The van der Waals surface area contributed by atoms with Crippen LogP contribution in [0.5, 0.6) is 5.75 Å². The molecule has 3 aromatic rings. The van der Waals surface area contributed by atoms with Gasteiger partial charge in [-0.15, -0.1) is 0 Å². The average Bonchev–Trinajstić information content (AvgIpc) is 2.68. The van der Waals surface area contributed by atoms with Crippen molar-refractivity contribution in [1.82, 2.24) is 9.97 Å². The van der Waals surface area contributed by atoms with Gasteiger partial charge in [0.1, 0.15) is 11.4 Å². The Morgan fingerprint density at radius 2 is 1.85 bits per heavy atom. The zero-order valence-corrected chi connectivity index (χ0v) is 14.7. The van der Waals surface area contributed by atoms with Gasteiger partial charge in [0, 0.05) is 12.7 Å². The number of para-hydroxylation sites is 2. The smallest absolute Gasteiger partial charge is 0.274 e. The van der Waals surface area contributed by atoms with E-state index in [1.807, 2.05) is 31.2 Å². The highest BCUT2D eigenvalue weighted by Crippen LogP contribution is 2.23. The number of benzene rings is 2. The van der Waals surface area contributed by atoms with E-state index in [9.17, 15) is 4.79 Å². The Balaban J connectivity index is 1.68. The zero-order valence-electron chi connectivity index (χ0n) is 14.7. The van der Waals surface area contributed by atoms with Crippen LogP contribution in [0.2, 0.25) is 0 Å². The van der Waals surface area contributed by atoms with Crippen LogP contribution < -0.4 is 15.4 Å². The topological polar surface area (TPSA) is 76.1 Å². The first kappa shape index (κ1) is 17.4. The Hall–Kier alpha value is -3.41. The first-order valence-electron chi connectivity index (χ1n) is 8.22. The number of hydrogen-bond acceptors (Lipinski definition) is 5. The molecular weight excluding hydrogens is 328 g/mol. The normalized spacial score (nSPS) is 10.2. The number of carbonyl (C=O) groups is 1. The number of aryl methyl sites for hydroxylation is 1. The van der Waals surface area contributed by atoms with E-state index in [2.05, 4.69) is 32.7 Å². The van der Waals surface area contributed by atoms with Gasteiger partial charge in [0.15, 0.2) is 0 Å².